The highest BCUT2D eigenvalue weighted by Crippen LogP contribution is 2.37. The number of carbonyl (C=O) groups is 2. The van der Waals surface area contributed by atoms with Crippen molar-refractivity contribution in [2.75, 3.05) is 24.5 Å². The van der Waals surface area contributed by atoms with Gasteiger partial charge in [0.15, 0.2) is 0 Å². The topological polar surface area (TPSA) is 96.0 Å². The Morgan fingerprint density at radius 1 is 1.02 bits per heavy atom. The number of hydrogen-bond donors (Lipinski definition) is 1. The number of amides is 2. The Balaban J connectivity index is 2.10. The maximum absolute atomic E-state index is 13.9. The van der Waals surface area contributed by atoms with E-state index in [4.69, 9.17) is 16.3 Å². The second kappa shape index (κ2) is 13.9. The van der Waals surface area contributed by atoms with Crippen LogP contribution >= 0.6 is 11.6 Å². The fraction of sp³-hybridized carbons (Fsp3) is 0.310. The first kappa shape index (κ1) is 32.7. The number of rotatable bonds is 12. The molecule has 0 aromatic heterocycles. The molecule has 0 spiro atoms. The van der Waals surface area contributed by atoms with E-state index in [1.54, 1.807) is 30.3 Å². The predicted octanol–water partition coefficient (Wildman–Crippen LogP) is 5.51. The van der Waals surface area contributed by atoms with Gasteiger partial charge in [-0.3, -0.25) is 13.9 Å². The van der Waals surface area contributed by atoms with E-state index >= 15 is 0 Å². The second-order valence-corrected chi connectivity index (χ2v) is 11.6. The molecule has 8 nitrogen and oxygen atoms in total. The number of methoxy groups -OCH3 is 1. The number of alkyl halides is 3. The molecular weight excluding hydrogens is 595 g/mol. The van der Waals surface area contributed by atoms with Crippen molar-refractivity contribution in [3.63, 3.8) is 0 Å². The SMILES string of the molecule is CCCNC(=O)C(C)N(Cc1ccc(OC)cc1)C(=O)CN(c1cc(C(F)(F)F)ccc1Cl)S(=O)(=O)c1ccccc1. The highest BCUT2D eigenvalue weighted by Gasteiger charge is 2.36. The lowest BCUT2D eigenvalue weighted by atomic mass is 10.1. The quantitative estimate of drug-likeness (QED) is 0.287. The molecule has 0 fully saturated rings. The Morgan fingerprint density at radius 3 is 2.24 bits per heavy atom. The van der Waals surface area contributed by atoms with Gasteiger partial charge in [-0.05, 0) is 61.4 Å². The smallest absolute Gasteiger partial charge is 0.416 e. The fourth-order valence-electron chi connectivity index (χ4n) is 4.02. The number of anilines is 1. The number of halogens is 4. The van der Waals surface area contributed by atoms with Crippen molar-refractivity contribution in [3.05, 3.63) is 88.9 Å². The largest absolute Gasteiger partial charge is 0.497 e. The summed E-state index contributed by atoms with van der Waals surface area (Å²) in [5.74, 6) is -0.754. The molecule has 0 saturated heterocycles. The van der Waals surface area contributed by atoms with Crippen molar-refractivity contribution in [1.29, 1.82) is 0 Å². The van der Waals surface area contributed by atoms with Gasteiger partial charge < -0.3 is 15.0 Å². The van der Waals surface area contributed by atoms with Crippen molar-refractivity contribution < 1.29 is 35.9 Å². The van der Waals surface area contributed by atoms with Gasteiger partial charge in [0.2, 0.25) is 11.8 Å². The van der Waals surface area contributed by atoms with Crippen molar-refractivity contribution >= 4 is 39.1 Å². The zero-order valence-electron chi connectivity index (χ0n) is 23.2. The molecular formula is C29H31ClF3N3O5S. The highest BCUT2D eigenvalue weighted by atomic mass is 35.5. The van der Waals surface area contributed by atoms with Crippen LogP contribution in [-0.4, -0.2) is 51.4 Å². The molecule has 0 aliphatic heterocycles. The van der Waals surface area contributed by atoms with Gasteiger partial charge in [-0.1, -0.05) is 48.9 Å². The Hall–Kier alpha value is -3.77. The third-order valence-electron chi connectivity index (χ3n) is 6.38. The number of nitrogens with one attached hydrogen (secondary N) is 1. The monoisotopic (exact) mass is 625 g/mol. The van der Waals surface area contributed by atoms with E-state index in [1.165, 1.54) is 43.2 Å². The fourth-order valence-corrected chi connectivity index (χ4v) is 5.73. The Morgan fingerprint density at radius 2 is 1.67 bits per heavy atom. The molecule has 0 saturated carbocycles. The molecule has 1 atom stereocenters. The molecule has 0 heterocycles. The average Bonchev–Trinajstić information content (AvgIpc) is 2.97. The van der Waals surface area contributed by atoms with E-state index in [-0.39, 0.29) is 16.5 Å². The molecule has 42 heavy (non-hydrogen) atoms. The van der Waals surface area contributed by atoms with Crippen LogP contribution in [0.15, 0.2) is 77.7 Å². The van der Waals surface area contributed by atoms with E-state index < -0.39 is 51.9 Å². The summed E-state index contributed by atoms with van der Waals surface area (Å²) in [6.45, 7) is 2.66. The van der Waals surface area contributed by atoms with E-state index in [0.29, 0.717) is 34.7 Å². The summed E-state index contributed by atoms with van der Waals surface area (Å²) in [7, 11) is -3.10. The minimum Gasteiger partial charge on any atom is -0.497 e. The van der Waals surface area contributed by atoms with E-state index in [0.717, 1.165) is 12.1 Å². The summed E-state index contributed by atoms with van der Waals surface area (Å²) in [6.07, 6.45) is -4.17. The lowest BCUT2D eigenvalue weighted by molar-refractivity contribution is -0.139. The molecule has 2 amide bonds. The van der Waals surface area contributed by atoms with Crippen LogP contribution in [0.3, 0.4) is 0 Å². The van der Waals surface area contributed by atoms with Crippen LogP contribution < -0.4 is 14.4 Å². The van der Waals surface area contributed by atoms with Gasteiger partial charge in [-0.2, -0.15) is 13.2 Å². The van der Waals surface area contributed by atoms with Gasteiger partial charge in [0.1, 0.15) is 18.3 Å². The van der Waals surface area contributed by atoms with Gasteiger partial charge in [-0.25, -0.2) is 8.42 Å². The molecule has 3 rings (SSSR count). The lowest BCUT2D eigenvalue weighted by Gasteiger charge is -2.32. The van der Waals surface area contributed by atoms with Gasteiger partial charge in [0, 0.05) is 13.1 Å². The van der Waals surface area contributed by atoms with Crippen LogP contribution in [0.2, 0.25) is 5.02 Å². The summed E-state index contributed by atoms with van der Waals surface area (Å²) >= 11 is 6.25. The Kier molecular flexibility index (Phi) is 10.9. The summed E-state index contributed by atoms with van der Waals surface area (Å²) in [5, 5.41) is 2.40. The van der Waals surface area contributed by atoms with Crippen LogP contribution in [0, 0.1) is 0 Å². The van der Waals surface area contributed by atoms with Crippen LogP contribution in [0.4, 0.5) is 18.9 Å². The lowest BCUT2D eigenvalue weighted by Crippen LogP contribution is -2.51. The standard InChI is InChI=1S/C29H31ClF3N3O5S/c1-4-16-34-28(38)20(2)35(18-21-10-13-23(41-3)14-11-21)27(37)19-36(42(39,40)24-8-6-5-7-9-24)26-17-22(29(31,32)33)12-15-25(26)30/h5-15,17,20H,4,16,18-19H2,1-3H3,(H,34,38). The zero-order valence-corrected chi connectivity index (χ0v) is 24.8. The molecule has 1 N–H and O–H groups in total. The van der Waals surface area contributed by atoms with Gasteiger partial charge in [0.05, 0.1) is 28.3 Å². The number of hydrogen-bond acceptors (Lipinski definition) is 5. The normalized spacial score (nSPS) is 12.4. The number of carbonyl (C=O) groups excluding carboxylic acids is 2. The number of benzene rings is 3. The predicted molar refractivity (Wildman–Crippen MR) is 154 cm³/mol. The van der Waals surface area contributed by atoms with Gasteiger partial charge in [-0.15, -0.1) is 0 Å². The van der Waals surface area contributed by atoms with Crippen LogP contribution in [0.1, 0.15) is 31.4 Å². The zero-order chi connectivity index (χ0) is 31.1. The summed E-state index contributed by atoms with van der Waals surface area (Å²) in [6, 6.07) is 14.8. The minimum absolute atomic E-state index is 0.0981. The van der Waals surface area contributed by atoms with E-state index in [2.05, 4.69) is 5.32 Å². The first-order valence-corrected chi connectivity index (χ1v) is 14.8. The molecule has 1 unspecified atom stereocenters. The maximum Gasteiger partial charge on any atom is 0.416 e. The molecule has 0 aliphatic rings. The van der Waals surface area contributed by atoms with Crippen LogP contribution in [-0.2, 0) is 32.3 Å². The number of ether oxygens (including phenoxy) is 1. The molecule has 0 bridgehead atoms. The van der Waals surface area contributed by atoms with E-state index in [1.807, 2.05) is 6.92 Å². The second-order valence-electron chi connectivity index (χ2n) is 9.33. The molecule has 226 valence electrons. The van der Waals surface area contributed by atoms with Gasteiger partial charge in [0.25, 0.3) is 10.0 Å². The molecule has 3 aromatic carbocycles. The third-order valence-corrected chi connectivity index (χ3v) is 8.47. The minimum atomic E-state index is -4.81. The summed E-state index contributed by atoms with van der Waals surface area (Å²) in [5.41, 5.74) is -1.07. The highest BCUT2D eigenvalue weighted by molar-refractivity contribution is 7.92. The third kappa shape index (κ3) is 7.95. The number of sulfonamides is 1. The average molecular weight is 626 g/mol. The van der Waals surface area contributed by atoms with Gasteiger partial charge >= 0.3 is 6.18 Å². The van der Waals surface area contributed by atoms with Crippen LogP contribution in [0.25, 0.3) is 0 Å². The van der Waals surface area contributed by atoms with Crippen molar-refractivity contribution in [2.24, 2.45) is 0 Å². The summed E-state index contributed by atoms with van der Waals surface area (Å²) in [4.78, 5) is 27.7. The van der Waals surface area contributed by atoms with Crippen molar-refractivity contribution in [2.45, 2.75) is 43.9 Å². The van der Waals surface area contributed by atoms with Crippen LogP contribution in [0.5, 0.6) is 5.75 Å². The molecule has 0 aliphatic carbocycles. The first-order chi connectivity index (χ1) is 19.8. The summed E-state index contributed by atoms with van der Waals surface area (Å²) < 4.78 is 74.2. The van der Waals surface area contributed by atoms with Crippen molar-refractivity contribution in [3.8, 4) is 5.75 Å². The van der Waals surface area contributed by atoms with Crippen molar-refractivity contribution in [1.82, 2.24) is 10.2 Å². The van der Waals surface area contributed by atoms with E-state index in [9.17, 15) is 31.2 Å². The molecule has 0 radical (unpaired) electrons. The first-order valence-electron chi connectivity index (χ1n) is 12.9. The Labute approximate surface area is 248 Å². The Bertz CT molecular complexity index is 1490. The maximum atomic E-state index is 13.9. The molecule has 3 aromatic rings. The molecule has 13 heteroatoms. The number of nitrogens with zero attached hydrogens (tertiary/aromatic N) is 2.